The van der Waals surface area contributed by atoms with Gasteiger partial charge in [-0.1, -0.05) is 72.8 Å². The molecule has 1 saturated carbocycles. The molecule has 0 aromatic heterocycles. The first-order chi connectivity index (χ1) is 22.4. The Balaban J connectivity index is 1.27. The largest absolute Gasteiger partial charge is 0.458 e. The maximum Gasteiger partial charge on any atom is 0.327 e. The van der Waals surface area contributed by atoms with Crippen molar-refractivity contribution >= 4 is 40.4 Å². The molecule has 3 aromatic rings. The van der Waals surface area contributed by atoms with Crippen LogP contribution in [0, 0.1) is 8.99 Å². The number of amides is 2. The first-order valence-corrected chi connectivity index (χ1v) is 16.4. The maximum absolute atomic E-state index is 14.4. The number of nitrogens with one attached hydrogen (secondary N) is 2. The highest BCUT2D eigenvalue weighted by molar-refractivity contribution is 14.1. The van der Waals surface area contributed by atoms with Gasteiger partial charge in [0.05, 0.1) is 13.2 Å². The number of halogens is 1. The highest BCUT2D eigenvalue weighted by Crippen LogP contribution is 2.59. The lowest BCUT2D eigenvalue weighted by Crippen LogP contribution is -2.69. The molecule has 46 heavy (non-hydrogen) atoms. The molecule has 6 unspecified atom stereocenters. The zero-order valence-electron chi connectivity index (χ0n) is 24.8. The molecule has 0 radical (unpaired) electrons. The van der Waals surface area contributed by atoms with Crippen molar-refractivity contribution in [2.75, 3.05) is 19.7 Å². The molecule has 4 aliphatic rings. The molecule has 1 aliphatic carbocycles. The van der Waals surface area contributed by atoms with Crippen molar-refractivity contribution in [3.63, 3.8) is 0 Å². The van der Waals surface area contributed by atoms with Gasteiger partial charge in [-0.3, -0.25) is 19.2 Å². The first-order valence-electron chi connectivity index (χ1n) is 15.4. The van der Waals surface area contributed by atoms with Crippen molar-refractivity contribution in [3.05, 3.63) is 105 Å². The number of aliphatic hydroxyl groups excluding tert-OH is 1. The zero-order valence-corrected chi connectivity index (χ0v) is 27.0. The van der Waals surface area contributed by atoms with E-state index in [0.717, 1.165) is 20.3 Å². The second kappa shape index (κ2) is 12.7. The molecule has 11 nitrogen and oxygen atoms in total. The number of hydroxylamine groups is 2. The summed E-state index contributed by atoms with van der Waals surface area (Å²) in [4.78, 5) is 47.1. The van der Waals surface area contributed by atoms with E-state index in [1.807, 2.05) is 84.9 Å². The summed E-state index contributed by atoms with van der Waals surface area (Å²) in [5.41, 5.74) is 1.04. The average Bonchev–Trinajstić information content (AvgIpc) is 3.65. The van der Waals surface area contributed by atoms with Crippen LogP contribution in [0.4, 0.5) is 0 Å². The van der Waals surface area contributed by atoms with Crippen LogP contribution in [0.2, 0.25) is 0 Å². The summed E-state index contributed by atoms with van der Waals surface area (Å²) in [5.74, 6) is -2.63. The number of nitrogens with zero attached hydrogens (tertiary/aromatic N) is 1. The Kier molecular flexibility index (Phi) is 8.59. The van der Waals surface area contributed by atoms with Gasteiger partial charge in [0.2, 0.25) is 17.6 Å². The summed E-state index contributed by atoms with van der Waals surface area (Å²) < 4.78 is 21.0. The van der Waals surface area contributed by atoms with Gasteiger partial charge in [0.15, 0.2) is 6.04 Å². The van der Waals surface area contributed by atoms with Crippen LogP contribution in [0.25, 0.3) is 0 Å². The summed E-state index contributed by atoms with van der Waals surface area (Å²) in [6, 6.07) is 25.9. The molecule has 6 atom stereocenters. The van der Waals surface area contributed by atoms with Crippen LogP contribution in [-0.2, 0) is 45.8 Å². The number of esters is 1. The zero-order chi connectivity index (χ0) is 31.9. The van der Waals surface area contributed by atoms with E-state index < -0.39 is 53.5 Å². The molecule has 7 rings (SSSR count). The smallest absolute Gasteiger partial charge is 0.327 e. The number of carbonyl (C=O) groups excluding carboxylic acids is 3. The summed E-state index contributed by atoms with van der Waals surface area (Å²) >= 11 is 2.23. The molecule has 3 N–H and O–H groups in total. The number of hydrogen-bond donors (Lipinski definition) is 3. The number of ether oxygens (including phenoxy) is 3. The second-order valence-corrected chi connectivity index (χ2v) is 13.2. The quantitative estimate of drug-likeness (QED) is 0.212. The second-order valence-electron chi connectivity index (χ2n) is 11.9. The molecule has 2 bridgehead atoms. The Bertz CT molecular complexity index is 1550. The third kappa shape index (κ3) is 5.30. The summed E-state index contributed by atoms with van der Waals surface area (Å²) in [7, 11) is 0. The predicted molar refractivity (Wildman–Crippen MR) is 171 cm³/mol. The van der Waals surface area contributed by atoms with E-state index in [1.165, 1.54) is 0 Å². The van der Waals surface area contributed by atoms with E-state index in [4.69, 9.17) is 24.2 Å². The Hall–Kier alpha value is -3.40. The summed E-state index contributed by atoms with van der Waals surface area (Å²) in [6.07, 6.45) is -3.01. The number of hydrogen-bond acceptors (Lipinski definition) is 9. The fourth-order valence-electron chi connectivity index (χ4n) is 7.20. The maximum atomic E-state index is 14.4. The topological polar surface area (TPSA) is 136 Å². The monoisotopic (exact) mass is 739 g/mol. The highest BCUT2D eigenvalue weighted by atomic mass is 127. The Labute approximate surface area is 279 Å². The number of fused-ring (bicyclic) bond motifs is 4. The van der Waals surface area contributed by atoms with Crippen LogP contribution in [0.5, 0.6) is 0 Å². The minimum atomic E-state index is -1.38. The lowest BCUT2D eigenvalue weighted by molar-refractivity contribution is -0.213. The van der Waals surface area contributed by atoms with Gasteiger partial charge in [0.25, 0.3) is 0 Å². The number of benzene rings is 3. The summed E-state index contributed by atoms with van der Waals surface area (Å²) in [6.45, 7) is 0.218. The molecule has 3 saturated heterocycles. The van der Waals surface area contributed by atoms with Crippen LogP contribution in [0.1, 0.15) is 29.5 Å². The van der Waals surface area contributed by atoms with Gasteiger partial charge in [-0.05, 0) is 40.3 Å². The Morgan fingerprint density at radius 1 is 0.891 bits per heavy atom. The molecular formula is C34H34IN3O8. The molecule has 4 fully saturated rings. The van der Waals surface area contributed by atoms with Crippen LogP contribution < -0.4 is 10.6 Å². The lowest BCUT2D eigenvalue weighted by atomic mass is 9.62. The standard InChI is InChI=1S/C34H34IN3O8/c35-24-13-11-21(12-14-24)20-38-29-31(41)43-25-19-33(29,32(42)37-16-15-26(40)36-17-18-39)30(46-38)28-27(25)44-34(45-28,22-7-3-1-4-8-22)23-9-5-2-6-10-23/h1-14,25,27-30,39H,15-20H2,(H,36,40)(H,37,42). The molecular weight excluding hydrogens is 705 g/mol. The normalized spacial score (nSPS) is 29.1. The average molecular weight is 740 g/mol. The SMILES string of the molecule is O=C(CCNC(=O)C12CC3OC(=O)C1N(Cc1ccc(I)cc1)OC2C1OC(c2ccccc2)(c2ccccc2)OC31)NCCO. The fourth-order valence-corrected chi connectivity index (χ4v) is 7.56. The van der Waals surface area contributed by atoms with Crippen molar-refractivity contribution in [1.29, 1.82) is 0 Å². The van der Waals surface area contributed by atoms with Gasteiger partial charge >= 0.3 is 5.97 Å². The van der Waals surface area contributed by atoms with Gasteiger partial charge in [-0.25, -0.2) is 0 Å². The molecule has 3 aromatic carbocycles. The van der Waals surface area contributed by atoms with E-state index >= 15 is 0 Å². The van der Waals surface area contributed by atoms with Gasteiger partial charge in [-0.15, -0.1) is 0 Å². The summed E-state index contributed by atoms with van der Waals surface area (Å²) in [5, 5.41) is 16.1. The fraction of sp³-hybridized carbons (Fsp3) is 0.382. The highest BCUT2D eigenvalue weighted by Gasteiger charge is 2.76. The number of rotatable bonds is 10. The minimum Gasteiger partial charge on any atom is -0.458 e. The third-order valence-corrected chi connectivity index (χ3v) is 9.93. The van der Waals surface area contributed by atoms with E-state index in [0.29, 0.717) is 0 Å². The van der Waals surface area contributed by atoms with E-state index in [-0.39, 0.29) is 45.0 Å². The van der Waals surface area contributed by atoms with Crippen molar-refractivity contribution in [2.45, 2.75) is 55.6 Å². The van der Waals surface area contributed by atoms with Crippen molar-refractivity contribution < 1.29 is 38.5 Å². The van der Waals surface area contributed by atoms with Gasteiger partial charge in [0.1, 0.15) is 29.8 Å². The molecule has 0 spiro atoms. The van der Waals surface area contributed by atoms with Crippen LogP contribution in [0.15, 0.2) is 84.9 Å². The lowest BCUT2D eigenvalue weighted by Gasteiger charge is -2.48. The van der Waals surface area contributed by atoms with Gasteiger partial charge in [0, 0.05) is 40.6 Å². The molecule has 12 heteroatoms. The van der Waals surface area contributed by atoms with E-state index in [1.54, 1.807) is 5.06 Å². The van der Waals surface area contributed by atoms with Crippen molar-refractivity contribution in [3.8, 4) is 0 Å². The van der Waals surface area contributed by atoms with Crippen LogP contribution in [0.3, 0.4) is 0 Å². The molecule has 240 valence electrons. The van der Waals surface area contributed by atoms with E-state index in [9.17, 15) is 14.4 Å². The van der Waals surface area contributed by atoms with Gasteiger partial charge in [-0.2, -0.15) is 5.06 Å². The Morgan fingerprint density at radius 3 is 2.20 bits per heavy atom. The van der Waals surface area contributed by atoms with Crippen molar-refractivity contribution in [2.24, 2.45) is 5.41 Å². The molecule has 2 amide bonds. The predicted octanol–water partition coefficient (Wildman–Crippen LogP) is 2.39. The minimum absolute atomic E-state index is 0.00897. The number of carbonyl (C=O) groups is 3. The third-order valence-electron chi connectivity index (χ3n) is 9.21. The van der Waals surface area contributed by atoms with Crippen LogP contribution in [-0.4, -0.2) is 78.1 Å². The number of aliphatic hydroxyl groups is 1. The van der Waals surface area contributed by atoms with Crippen LogP contribution >= 0.6 is 22.6 Å². The van der Waals surface area contributed by atoms with Crippen molar-refractivity contribution in [1.82, 2.24) is 15.7 Å². The Morgan fingerprint density at radius 2 is 1.54 bits per heavy atom. The van der Waals surface area contributed by atoms with Gasteiger partial charge < -0.3 is 30.0 Å². The molecule has 3 aliphatic heterocycles. The van der Waals surface area contributed by atoms with E-state index in [2.05, 4.69) is 33.2 Å². The first kappa shape index (κ1) is 31.2. The molecule has 3 heterocycles.